The van der Waals surface area contributed by atoms with E-state index in [1.165, 1.54) is 19.3 Å². The van der Waals surface area contributed by atoms with Crippen LogP contribution in [0, 0.1) is 5.41 Å². The molecule has 0 bridgehead atoms. The van der Waals surface area contributed by atoms with E-state index in [-0.39, 0.29) is 17.6 Å². The molecule has 138 valence electrons. The van der Waals surface area contributed by atoms with Gasteiger partial charge in [0.15, 0.2) is 0 Å². The zero-order chi connectivity index (χ0) is 17.4. The minimum absolute atomic E-state index is 0.0192. The van der Waals surface area contributed by atoms with E-state index < -0.39 is 0 Å². The second-order valence-electron chi connectivity index (χ2n) is 8.22. The Labute approximate surface area is 150 Å². The minimum Gasteiger partial charge on any atom is -0.373 e. The first-order chi connectivity index (χ1) is 12.1. The van der Waals surface area contributed by atoms with Crippen LogP contribution in [0.1, 0.15) is 50.6 Å². The molecular formula is C19H30N4O2. The van der Waals surface area contributed by atoms with Gasteiger partial charge in [-0.25, -0.2) is 0 Å². The summed E-state index contributed by atoms with van der Waals surface area (Å²) in [5.41, 5.74) is 0.954. The number of piperidine rings is 1. The molecule has 2 atom stereocenters. The molecule has 0 radical (unpaired) electrons. The van der Waals surface area contributed by atoms with Crippen LogP contribution < -0.4 is 0 Å². The smallest absolute Gasteiger partial charge is 0.229 e. The molecule has 25 heavy (non-hydrogen) atoms. The lowest BCUT2D eigenvalue weighted by Crippen LogP contribution is -2.53. The minimum atomic E-state index is -0.145. The molecule has 1 amide bonds. The van der Waals surface area contributed by atoms with Crippen molar-refractivity contribution in [3.05, 3.63) is 18.0 Å². The van der Waals surface area contributed by atoms with Crippen molar-refractivity contribution in [2.75, 3.05) is 32.8 Å². The van der Waals surface area contributed by atoms with E-state index in [4.69, 9.17) is 4.74 Å². The van der Waals surface area contributed by atoms with Gasteiger partial charge in [0.2, 0.25) is 5.91 Å². The molecule has 1 aromatic rings. The fraction of sp³-hybridized carbons (Fsp3) is 0.789. The molecule has 0 N–H and O–H groups in total. The molecule has 6 nitrogen and oxygen atoms in total. The number of ether oxygens (including phenoxy) is 1. The lowest BCUT2D eigenvalue weighted by Gasteiger charge is -2.44. The first-order valence-electron chi connectivity index (χ1n) is 9.70. The van der Waals surface area contributed by atoms with Crippen molar-refractivity contribution in [1.82, 2.24) is 19.6 Å². The summed E-state index contributed by atoms with van der Waals surface area (Å²) in [4.78, 5) is 17.7. The molecule has 0 aromatic carbocycles. The van der Waals surface area contributed by atoms with Gasteiger partial charge in [-0.3, -0.25) is 9.48 Å². The van der Waals surface area contributed by atoms with E-state index >= 15 is 0 Å². The summed E-state index contributed by atoms with van der Waals surface area (Å²) in [5.74, 6) is 0.299. The van der Waals surface area contributed by atoms with E-state index in [0.717, 1.165) is 38.0 Å². The number of hydrogen-bond donors (Lipinski definition) is 0. The van der Waals surface area contributed by atoms with Gasteiger partial charge in [-0.2, -0.15) is 5.10 Å². The maximum absolute atomic E-state index is 13.1. The van der Waals surface area contributed by atoms with Crippen LogP contribution in [0.3, 0.4) is 0 Å². The Hall–Kier alpha value is -1.40. The van der Waals surface area contributed by atoms with Gasteiger partial charge < -0.3 is 14.5 Å². The van der Waals surface area contributed by atoms with Crippen molar-refractivity contribution in [2.45, 2.75) is 51.2 Å². The van der Waals surface area contributed by atoms with Crippen LogP contribution in [-0.4, -0.2) is 64.4 Å². The predicted molar refractivity (Wildman–Crippen MR) is 95.0 cm³/mol. The van der Waals surface area contributed by atoms with Crippen molar-refractivity contribution in [3.63, 3.8) is 0 Å². The molecule has 3 heterocycles. The number of rotatable bonds is 4. The number of likely N-dealkylation sites (tertiary alicyclic amines) is 1. The maximum atomic E-state index is 13.1. The second-order valence-corrected chi connectivity index (χ2v) is 8.22. The Kier molecular flexibility index (Phi) is 4.58. The summed E-state index contributed by atoms with van der Waals surface area (Å²) < 4.78 is 8.02. The van der Waals surface area contributed by atoms with E-state index in [2.05, 4.69) is 21.8 Å². The highest BCUT2D eigenvalue weighted by atomic mass is 16.5. The number of amides is 1. The maximum Gasteiger partial charge on any atom is 0.229 e. The Morgan fingerprint density at radius 2 is 2.04 bits per heavy atom. The van der Waals surface area contributed by atoms with E-state index in [9.17, 15) is 4.79 Å². The third kappa shape index (κ3) is 3.47. The molecule has 3 fully saturated rings. The van der Waals surface area contributed by atoms with Crippen molar-refractivity contribution < 1.29 is 9.53 Å². The average Bonchev–Trinajstić information content (AvgIpc) is 3.23. The van der Waals surface area contributed by atoms with Crippen LogP contribution in [0.15, 0.2) is 12.4 Å². The Bertz CT molecular complexity index is 619. The van der Waals surface area contributed by atoms with Gasteiger partial charge in [-0.05, 0) is 38.8 Å². The zero-order valence-corrected chi connectivity index (χ0v) is 15.5. The zero-order valence-electron chi connectivity index (χ0n) is 15.5. The number of carbonyl (C=O) groups excluding carboxylic acids is 1. The highest BCUT2D eigenvalue weighted by Crippen LogP contribution is 2.48. The van der Waals surface area contributed by atoms with E-state index in [1.807, 2.05) is 24.1 Å². The van der Waals surface area contributed by atoms with E-state index in [1.54, 1.807) is 0 Å². The predicted octanol–water partition coefficient (Wildman–Crippen LogP) is 1.97. The summed E-state index contributed by atoms with van der Waals surface area (Å²) in [5, 5.41) is 4.35. The molecule has 4 rings (SSSR count). The summed E-state index contributed by atoms with van der Waals surface area (Å²) in [7, 11) is 1.93. The molecular weight excluding hydrogens is 316 g/mol. The number of aromatic nitrogens is 2. The van der Waals surface area contributed by atoms with Gasteiger partial charge in [-0.15, -0.1) is 0 Å². The van der Waals surface area contributed by atoms with Crippen LogP contribution in [0.25, 0.3) is 0 Å². The lowest BCUT2D eigenvalue weighted by atomic mass is 9.97. The Morgan fingerprint density at radius 3 is 2.68 bits per heavy atom. The molecule has 0 unspecified atom stereocenters. The Morgan fingerprint density at radius 1 is 1.28 bits per heavy atom. The van der Waals surface area contributed by atoms with Crippen molar-refractivity contribution in [1.29, 1.82) is 0 Å². The standard InChI is InChI=1S/C19H30N4O2/c1-19(6-7-19)18(24)23-10-11-25-16(14-22-8-4-3-5-9-22)17(23)15-12-20-21(2)13-15/h12-13,16-17H,3-11,14H2,1-2H3/t16-,17-/m0/s1. The van der Waals surface area contributed by atoms with Crippen LogP contribution in [0.2, 0.25) is 0 Å². The first-order valence-corrected chi connectivity index (χ1v) is 9.70. The molecule has 2 aliphatic heterocycles. The van der Waals surface area contributed by atoms with Crippen LogP contribution in [0.4, 0.5) is 0 Å². The van der Waals surface area contributed by atoms with Crippen LogP contribution in [-0.2, 0) is 16.6 Å². The van der Waals surface area contributed by atoms with Crippen LogP contribution >= 0.6 is 0 Å². The van der Waals surface area contributed by atoms with Crippen molar-refractivity contribution in [3.8, 4) is 0 Å². The first kappa shape index (κ1) is 17.0. The van der Waals surface area contributed by atoms with E-state index in [0.29, 0.717) is 19.1 Å². The molecule has 1 saturated carbocycles. The van der Waals surface area contributed by atoms with Gasteiger partial charge in [0.25, 0.3) is 0 Å². The van der Waals surface area contributed by atoms with Gasteiger partial charge in [0.1, 0.15) is 0 Å². The monoisotopic (exact) mass is 346 g/mol. The largest absolute Gasteiger partial charge is 0.373 e. The summed E-state index contributed by atoms with van der Waals surface area (Å²) in [6.45, 7) is 6.61. The highest BCUT2D eigenvalue weighted by molar-refractivity contribution is 5.85. The van der Waals surface area contributed by atoms with Gasteiger partial charge in [-0.1, -0.05) is 13.3 Å². The summed E-state index contributed by atoms with van der Waals surface area (Å²) in [6, 6.07) is -0.0192. The lowest BCUT2D eigenvalue weighted by molar-refractivity contribution is -0.153. The number of hydrogen-bond acceptors (Lipinski definition) is 4. The molecule has 1 aliphatic carbocycles. The number of carbonyl (C=O) groups is 1. The fourth-order valence-electron chi connectivity index (χ4n) is 4.25. The molecule has 2 saturated heterocycles. The Balaban J connectivity index is 1.58. The second kappa shape index (κ2) is 6.72. The SMILES string of the molecule is Cn1cc([C@H]2[C@H](CN3CCCCC3)OCCN2C(=O)C2(C)CC2)cn1. The highest BCUT2D eigenvalue weighted by Gasteiger charge is 2.50. The molecule has 1 aromatic heterocycles. The third-order valence-corrected chi connectivity index (χ3v) is 6.08. The molecule has 3 aliphatic rings. The average molecular weight is 346 g/mol. The molecule has 0 spiro atoms. The summed E-state index contributed by atoms with van der Waals surface area (Å²) >= 11 is 0. The fourth-order valence-corrected chi connectivity index (χ4v) is 4.25. The topological polar surface area (TPSA) is 50.6 Å². The third-order valence-electron chi connectivity index (χ3n) is 6.08. The van der Waals surface area contributed by atoms with Gasteiger partial charge in [0, 0.05) is 37.3 Å². The normalized spacial score (nSPS) is 29.6. The van der Waals surface area contributed by atoms with Gasteiger partial charge >= 0.3 is 0 Å². The number of nitrogens with zero attached hydrogens (tertiary/aromatic N) is 4. The van der Waals surface area contributed by atoms with Crippen molar-refractivity contribution >= 4 is 5.91 Å². The number of morpholine rings is 1. The number of aryl methyl sites for hydroxylation is 1. The summed E-state index contributed by atoms with van der Waals surface area (Å²) in [6.07, 6.45) is 9.87. The van der Waals surface area contributed by atoms with Gasteiger partial charge in [0.05, 0.1) is 24.9 Å². The quantitative estimate of drug-likeness (QED) is 0.836. The van der Waals surface area contributed by atoms with Crippen LogP contribution in [0.5, 0.6) is 0 Å². The van der Waals surface area contributed by atoms with Crippen molar-refractivity contribution in [2.24, 2.45) is 12.5 Å². The molecule has 6 heteroatoms.